The van der Waals surface area contributed by atoms with Crippen molar-refractivity contribution in [1.29, 1.82) is 0 Å². The van der Waals surface area contributed by atoms with Crippen molar-refractivity contribution >= 4 is 16.5 Å². The fourth-order valence-corrected chi connectivity index (χ4v) is 3.86. The number of nitrogens with zero attached hydrogens (tertiary/aromatic N) is 2. The third-order valence-corrected chi connectivity index (χ3v) is 5.04. The van der Waals surface area contributed by atoms with Crippen molar-refractivity contribution in [3.63, 3.8) is 0 Å². The normalized spacial score (nSPS) is 22.9. The van der Waals surface area contributed by atoms with Gasteiger partial charge in [-0.15, -0.1) is 11.3 Å². The zero-order valence-electron chi connectivity index (χ0n) is 11.1. The van der Waals surface area contributed by atoms with Gasteiger partial charge in [-0.25, -0.2) is 4.98 Å². The van der Waals surface area contributed by atoms with Crippen LogP contribution in [0.5, 0.6) is 0 Å². The maximum Gasteiger partial charge on any atom is 0.185 e. The number of fused-ring (bicyclic) bond motifs is 1. The molecule has 2 aliphatic carbocycles. The van der Waals surface area contributed by atoms with Crippen molar-refractivity contribution in [3.05, 3.63) is 10.6 Å². The zero-order chi connectivity index (χ0) is 12.5. The standard InChI is InChI=1S/C14H22N2OS/c1-2-8-16(9-10-6-7-10)14-15-13-11(17)4-3-5-12(13)18-14/h10-11,17H,2-9H2,1H3. The van der Waals surface area contributed by atoms with Crippen molar-refractivity contribution in [2.75, 3.05) is 18.0 Å². The number of rotatable bonds is 5. The van der Waals surface area contributed by atoms with E-state index in [-0.39, 0.29) is 6.10 Å². The van der Waals surface area contributed by atoms with Crippen molar-refractivity contribution in [3.8, 4) is 0 Å². The minimum absolute atomic E-state index is 0.317. The molecule has 100 valence electrons. The molecule has 1 N–H and O–H groups in total. The number of hydrogen-bond donors (Lipinski definition) is 1. The van der Waals surface area contributed by atoms with Crippen LogP contribution < -0.4 is 4.90 Å². The van der Waals surface area contributed by atoms with Gasteiger partial charge < -0.3 is 10.0 Å². The van der Waals surface area contributed by atoms with E-state index in [1.54, 1.807) is 0 Å². The molecule has 0 amide bonds. The summed E-state index contributed by atoms with van der Waals surface area (Å²) in [5.74, 6) is 0.891. The summed E-state index contributed by atoms with van der Waals surface area (Å²) in [7, 11) is 0. The molecule has 1 fully saturated rings. The summed E-state index contributed by atoms with van der Waals surface area (Å²) in [6, 6.07) is 0. The summed E-state index contributed by atoms with van der Waals surface area (Å²) >= 11 is 1.81. The number of anilines is 1. The van der Waals surface area contributed by atoms with E-state index in [1.807, 2.05) is 11.3 Å². The lowest BCUT2D eigenvalue weighted by Crippen LogP contribution is -2.26. The van der Waals surface area contributed by atoms with Crippen LogP contribution in [0.15, 0.2) is 0 Å². The van der Waals surface area contributed by atoms with Crippen molar-refractivity contribution in [2.24, 2.45) is 5.92 Å². The summed E-state index contributed by atoms with van der Waals surface area (Å²) in [5, 5.41) is 11.2. The Bertz CT molecular complexity index is 414. The molecule has 0 aliphatic heterocycles. The minimum atomic E-state index is -0.317. The van der Waals surface area contributed by atoms with Gasteiger partial charge in [0.15, 0.2) is 5.13 Å². The molecule has 0 bridgehead atoms. The molecule has 0 saturated heterocycles. The minimum Gasteiger partial charge on any atom is -0.387 e. The van der Waals surface area contributed by atoms with Crippen molar-refractivity contribution < 1.29 is 5.11 Å². The average molecular weight is 266 g/mol. The highest BCUT2D eigenvalue weighted by Crippen LogP contribution is 2.38. The van der Waals surface area contributed by atoms with Gasteiger partial charge in [-0.2, -0.15) is 0 Å². The number of hydrogen-bond acceptors (Lipinski definition) is 4. The van der Waals surface area contributed by atoms with Gasteiger partial charge in [-0.1, -0.05) is 6.92 Å². The van der Waals surface area contributed by atoms with Gasteiger partial charge in [0.25, 0.3) is 0 Å². The largest absolute Gasteiger partial charge is 0.387 e. The van der Waals surface area contributed by atoms with Crippen LogP contribution in [-0.4, -0.2) is 23.2 Å². The summed E-state index contributed by atoms with van der Waals surface area (Å²) in [6.45, 7) is 4.48. The predicted octanol–water partition coefficient (Wildman–Crippen LogP) is 3.14. The molecule has 3 rings (SSSR count). The van der Waals surface area contributed by atoms with E-state index in [9.17, 15) is 5.11 Å². The second-order valence-electron chi connectivity index (χ2n) is 5.60. The molecular weight excluding hydrogens is 244 g/mol. The summed E-state index contributed by atoms with van der Waals surface area (Å²) < 4.78 is 0. The lowest BCUT2D eigenvalue weighted by molar-refractivity contribution is 0.153. The molecule has 4 heteroatoms. The van der Waals surface area contributed by atoms with E-state index >= 15 is 0 Å². The molecule has 2 aliphatic rings. The van der Waals surface area contributed by atoms with Crippen LogP contribution in [0, 0.1) is 5.92 Å². The Morgan fingerprint density at radius 2 is 2.22 bits per heavy atom. The molecule has 1 aromatic heterocycles. The first kappa shape index (κ1) is 12.4. The Morgan fingerprint density at radius 3 is 2.89 bits per heavy atom. The molecular formula is C14H22N2OS. The molecule has 1 saturated carbocycles. The Labute approximate surface area is 113 Å². The van der Waals surface area contributed by atoms with Gasteiger partial charge in [0, 0.05) is 18.0 Å². The Hall–Kier alpha value is -0.610. The number of aromatic nitrogens is 1. The van der Waals surface area contributed by atoms with Crippen LogP contribution in [0.25, 0.3) is 0 Å². The van der Waals surface area contributed by atoms with E-state index in [0.717, 1.165) is 49.1 Å². The SMILES string of the molecule is CCCN(CC1CC1)c1nc2c(s1)CCCC2O. The summed E-state index contributed by atoms with van der Waals surface area (Å²) in [6.07, 6.45) is 6.70. The van der Waals surface area contributed by atoms with Gasteiger partial charge >= 0.3 is 0 Å². The van der Waals surface area contributed by atoms with E-state index in [4.69, 9.17) is 4.98 Å². The smallest absolute Gasteiger partial charge is 0.185 e. The molecule has 0 radical (unpaired) electrons. The Kier molecular flexibility index (Phi) is 3.57. The van der Waals surface area contributed by atoms with Crippen LogP contribution in [0.4, 0.5) is 5.13 Å². The lowest BCUT2D eigenvalue weighted by atomic mass is 10.0. The maximum atomic E-state index is 10.0. The lowest BCUT2D eigenvalue weighted by Gasteiger charge is -2.20. The molecule has 1 atom stereocenters. The highest BCUT2D eigenvalue weighted by Gasteiger charge is 2.28. The van der Waals surface area contributed by atoms with E-state index < -0.39 is 0 Å². The average Bonchev–Trinajstić information content (AvgIpc) is 3.06. The monoisotopic (exact) mass is 266 g/mol. The topological polar surface area (TPSA) is 36.4 Å². The fourth-order valence-electron chi connectivity index (χ4n) is 2.67. The maximum absolute atomic E-state index is 10.0. The van der Waals surface area contributed by atoms with Crippen LogP contribution in [0.2, 0.25) is 0 Å². The Balaban J connectivity index is 1.80. The van der Waals surface area contributed by atoms with Gasteiger partial charge in [-0.3, -0.25) is 0 Å². The molecule has 18 heavy (non-hydrogen) atoms. The van der Waals surface area contributed by atoms with Crippen LogP contribution in [0.3, 0.4) is 0 Å². The number of aliphatic hydroxyl groups is 1. The van der Waals surface area contributed by atoms with Crippen molar-refractivity contribution in [2.45, 2.75) is 51.6 Å². The van der Waals surface area contributed by atoms with E-state index in [0.29, 0.717) is 0 Å². The van der Waals surface area contributed by atoms with E-state index in [2.05, 4.69) is 11.8 Å². The van der Waals surface area contributed by atoms with Crippen molar-refractivity contribution in [1.82, 2.24) is 4.98 Å². The summed E-state index contributed by atoms with van der Waals surface area (Å²) in [4.78, 5) is 8.48. The first-order valence-electron chi connectivity index (χ1n) is 7.20. The van der Waals surface area contributed by atoms with Gasteiger partial charge in [-0.05, 0) is 44.4 Å². The van der Waals surface area contributed by atoms with Crippen LogP contribution >= 0.6 is 11.3 Å². The highest BCUT2D eigenvalue weighted by molar-refractivity contribution is 7.15. The number of thiazole rings is 1. The molecule has 1 heterocycles. The highest BCUT2D eigenvalue weighted by atomic mass is 32.1. The second kappa shape index (κ2) is 5.17. The van der Waals surface area contributed by atoms with Gasteiger partial charge in [0.1, 0.15) is 0 Å². The van der Waals surface area contributed by atoms with E-state index in [1.165, 1.54) is 24.1 Å². The zero-order valence-corrected chi connectivity index (χ0v) is 11.9. The first-order valence-corrected chi connectivity index (χ1v) is 8.02. The summed E-state index contributed by atoms with van der Waals surface area (Å²) in [5.41, 5.74) is 0.971. The molecule has 0 aromatic carbocycles. The van der Waals surface area contributed by atoms with Crippen LogP contribution in [0.1, 0.15) is 55.7 Å². The van der Waals surface area contributed by atoms with Gasteiger partial charge in [0.05, 0.1) is 11.8 Å². The van der Waals surface area contributed by atoms with Crippen LogP contribution in [-0.2, 0) is 6.42 Å². The molecule has 1 unspecified atom stereocenters. The quantitative estimate of drug-likeness (QED) is 0.889. The third kappa shape index (κ3) is 2.54. The first-order chi connectivity index (χ1) is 8.78. The van der Waals surface area contributed by atoms with Gasteiger partial charge in [0.2, 0.25) is 0 Å². The second-order valence-corrected chi connectivity index (χ2v) is 6.66. The molecule has 0 spiro atoms. The number of aryl methyl sites for hydroxylation is 1. The molecule has 1 aromatic rings. The third-order valence-electron chi connectivity index (χ3n) is 3.85. The fraction of sp³-hybridized carbons (Fsp3) is 0.786. The Morgan fingerprint density at radius 1 is 1.39 bits per heavy atom. The molecule has 3 nitrogen and oxygen atoms in total. The number of aliphatic hydroxyl groups excluding tert-OH is 1. The predicted molar refractivity (Wildman–Crippen MR) is 75.2 cm³/mol.